The lowest BCUT2D eigenvalue weighted by Crippen LogP contribution is -2.30. The molecule has 0 fully saturated rings. The minimum Gasteiger partial charge on any atom is -0.493 e. The third-order valence-corrected chi connectivity index (χ3v) is 3.53. The Labute approximate surface area is 141 Å². The summed E-state index contributed by atoms with van der Waals surface area (Å²) >= 11 is 0. The van der Waals surface area contributed by atoms with Gasteiger partial charge in [0, 0.05) is 11.3 Å². The van der Waals surface area contributed by atoms with Gasteiger partial charge < -0.3 is 14.8 Å². The number of nitrogens with one attached hydrogen (secondary N) is 1. The lowest BCUT2D eigenvalue weighted by Gasteiger charge is -2.17. The number of benzene rings is 2. The van der Waals surface area contributed by atoms with Gasteiger partial charge in [0.2, 0.25) is 0 Å². The van der Waals surface area contributed by atoms with E-state index in [4.69, 9.17) is 9.47 Å². The van der Waals surface area contributed by atoms with Crippen molar-refractivity contribution in [3.8, 4) is 11.5 Å². The molecule has 126 valence electrons. The summed E-state index contributed by atoms with van der Waals surface area (Å²) in [7, 11) is 1.49. The predicted molar refractivity (Wildman–Crippen MR) is 92.9 cm³/mol. The van der Waals surface area contributed by atoms with Gasteiger partial charge in [0.05, 0.1) is 7.11 Å². The Balaban J connectivity index is 2.09. The second kappa shape index (κ2) is 7.64. The maximum atomic E-state index is 12.3. The van der Waals surface area contributed by atoms with E-state index in [0.29, 0.717) is 22.7 Å². The van der Waals surface area contributed by atoms with Gasteiger partial charge in [-0.1, -0.05) is 12.1 Å². The fourth-order valence-electron chi connectivity index (χ4n) is 2.19. The second-order valence-electron chi connectivity index (χ2n) is 5.54. The maximum absolute atomic E-state index is 12.3. The molecule has 0 radical (unpaired) electrons. The van der Waals surface area contributed by atoms with Crippen molar-refractivity contribution >= 4 is 17.4 Å². The third-order valence-electron chi connectivity index (χ3n) is 3.53. The Morgan fingerprint density at radius 2 is 1.83 bits per heavy atom. The molecule has 0 saturated carbocycles. The molecule has 0 aliphatic carbocycles. The molecule has 0 heterocycles. The molecule has 5 nitrogen and oxygen atoms in total. The van der Waals surface area contributed by atoms with E-state index in [1.165, 1.54) is 14.0 Å². The van der Waals surface area contributed by atoms with Gasteiger partial charge in [0.1, 0.15) is 0 Å². The predicted octanol–water partition coefficient (Wildman–Crippen LogP) is 3.61. The summed E-state index contributed by atoms with van der Waals surface area (Å²) in [4.78, 5) is 23.7. The Morgan fingerprint density at radius 3 is 2.46 bits per heavy atom. The van der Waals surface area contributed by atoms with Crippen molar-refractivity contribution in [2.75, 3.05) is 12.4 Å². The van der Waals surface area contributed by atoms with Gasteiger partial charge in [-0.3, -0.25) is 9.59 Å². The molecule has 0 bridgehead atoms. The van der Waals surface area contributed by atoms with Crippen molar-refractivity contribution in [1.29, 1.82) is 0 Å². The van der Waals surface area contributed by atoms with Crippen LogP contribution >= 0.6 is 0 Å². The molecular weight excluding hydrogens is 306 g/mol. The largest absolute Gasteiger partial charge is 0.493 e. The first kappa shape index (κ1) is 17.5. The number of methoxy groups -OCH3 is 1. The quantitative estimate of drug-likeness (QED) is 0.823. The molecule has 2 aromatic carbocycles. The summed E-state index contributed by atoms with van der Waals surface area (Å²) in [5.74, 6) is 0.496. The number of rotatable bonds is 6. The van der Waals surface area contributed by atoms with E-state index in [1.807, 2.05) is 31.2 Å². The molecule has 1 atom stereocenters. The van der Waals surface area contributed by atoms with E-state index in [0.717, 1.165) is 5.56 Å². The average molecular weight is 327 g/mol. The number of Topliss-reactive ketones (excluding diaryl/α,β-unsaturated/α-hetero) is 1. The summed E-state index contributed by atoms with van der Waals surface area (Å²) in [5, 5.41) is 2.81. The molecule has 0 aliphatic heterocycles. The summed E-state index contributed by atoms with van der Waals surface area (Å²) < 4.78 is 10.9. The van der Waals surface area contributed by atoms with E-state index >= 15 is 0 Å². The highest BCUT2D eigenvalue weighted by Crippen LogP contribution is 2.29. The van der Waals surface area contributed by atoms with Crippen LogP contribution in [0.25, 0.3) is 0 Å². The molecule has 0 unspecified atom stereocenters. The number of hydrogen-bond donors (Lipinski definition) is 1. The van der Waals surface area contributed by atoms with Crippen molar-refractivity contribution in [1.82, 2.24) is 0 Å². The molecule has 24 heavy (non-hydrogen) atoms. The van der Waals surface area contributed by atoms with Crippen LogP contribution in [0.3, 0.4) is 0 Å². The number of anilines is 1. The van der Waals surface area contributed by atoms with Crippen molar-refractivity contribution in [3.63, 3.8) is 0 Å². The number of ketones is 1. The Morgan fingerprint density at radius 1 is 1.08 bits per heavy atom. The highest BCUT2D eigenvalue weighted by Gasteiger charge is 2.18. The van der Waals surface area contributed by atoms with Crippen LogP contribution in [0.15, 0.2) is 42.5 Å². The van der Waals surface area contributed by atoms with Crippen LogP contribution in [0.5, 0.6) is 11.5 Å². The Bertz CT molecular complexity index is 755. The average Bonchev–Trinajstić information content (AvgIpc) is 2.54. The molecule has 0 spiro atoms. The van der Waals surface area contributed by atoms with E-state index in [2.05, 4.69) is 5.32 Å². The van der Waals surface area contributed by atoms with Crippen molar-refractivity contribution in [2.24, 2.45) is 0 Å². The van der Waals surface area contributed by atoms with Gasteiger partial charge in [-0.05, 0) is 56.7 Å². The highest BCUT2D eigenvalue weighted by atomic mass is 16.5. The molecule has 1 N–H and O–H groups in total. The SMILES string of the molecule is COc1cc(C(C)=O)ccc1O[C@@H](C)C(=O)Nc1cccc(C)c1. The topological polar surface area (TPSA) is 64.6 Å². The summed E-state index contributed by atoms with van der Waals surface area (Å²) in [6.07, 6.45) is -0.720. The van der Waals surface area contributed by atoms with Gasteiger partial charge >= 0.3 is 0 Å². The zero-order chi connectivity index (χ0) is 17.7. The number of ether oxygens (including phenoxy) is 2. The summed E-state index contributed by atoms with van der Waals surface area (Å²) in [5.41, 5.74) is 2.30. The molecule has 5 heteroatoms. The second-order valence-corrected chi connectivity index (χ2v) is 5.54. The molecule has 1 amide bonds. The number of carbonyl (C=O) groups is 2. The number of aryl methyl sites for hydroxylation is 1. The van der Waals surface area contributed by atoms with Crippen LogP contribution in [-0.2, 0) is 4.79 Å². The lowest BCUT2D eigenvalue weighted by molar-refractivity contribution is -0.122. The van der Waals surface area contributed by atoms with Gasteiger partial charge in [-0.15, -0.1) is 0 Å². The zero-order valence-electron chi connectivity index (χ0n) is 14.3. The van der Waals surface area contributed by atoms with Gasteiger partial charge in [0.25, 0.3) is 5.91 Å². The number of carbonyl (C=O) groups excluding carboxylic acids is 2. The van der Waals surface area contributed by atoms with Crippen LogP contribution in [0.2, 0.25) is 0 Å². The first-order chi connectivity index (χ1) is 11.4. The molecule has 2 rings (SSSR count). The van der Waals surface area contributed by atoms with E-state index < -0.39 is 6.10 Å². The van der Waals surface area contributed by atoms with E-state index in [9.17, 15) is 9.59 Å². The van der Waals surface area contributed by atoms with Crippen LogP contribution in [-0.4, -0.2) is 24.9 Å². The normalized spacial score (nSPS) is 11.5. The minimum atomic E-state index is -0.720. The summed E-state index contributed by atoms with van der Waals surface area (Å²) in [6, 6.07) is 12.4. The lowest BCUT2D eigenvalue weighted by atomic mass is 10.1. The van der Waals surface area contributed by atoms with Crippen LogP contribution < -0.4 is 14.8 Å². The highest BCUT2D eigenvalue weighted by molar-refractivity contribution is 5.95. The van der Waals surface area contributed by atoms with Gasteiger partial charge in [-0.2, -0.15) is 0 Å². The molecular formula is C19H21NO4. The monoisotopic (exact) mass is 327 g/mol. The fourth-order valence-corrected chi connectivity index (χ4v) is 2.19. The zero-order valence-corrected chi connectivity index (χ0v) is 14.3. The molecule has 0 saturated heterocycles. The van der Waals surface area contributed by atoms with Crippen molar-refractivity contribution < 1.29 is 19.1 Å². The third kappa shape index (κ3) is 4.35. The van der Waals surface area contributed by atoms with Crippen molar-refractivity contribution in [2.45, 2.75) is 26.9 Å². The molecule has 0 aliphatic rings. The first-order valence-electron chi connectivity index (χ1n) is 7.64. The van der Waals surface area contributed by atoms with Crippen LogP contribution in [0.4, 0.5) is 5.69 Å². The van der Waals surface area contributed by atoms with Gasteiger partial charge in [-0.25, -0.2) is 0 Å². The first-order valence-corrected chi connectivity index (χ1v) is 7.64. The summed E-state index contributed by atoms with van der Waals surface area (Å²) in [6.45, 7) is 5.09. The standard InChI is InChI=1S/C19H21NO4/c1-12-6-5-7-16(10-12)20-19(22)14(3)24-17-9-8-15(13(2)21)11-18(17)23-4/h5-11,14H,1-4H3,(H,20,22)/t14-/m0/s1. The van der Waals surface area contributed by atoms with E-state index in [1.54, 1.807) is 25.1 Å². The fraction of sp³-hybridized carbons (Fsp3) is 0.263. The minimum absolute atomic E-state index is 0.0647. The maximum Gasteiger partial charge on any atom is 0.265 e. The van der Waals surface area contributed by atoms with Gasteiger partial charge in [0.15, 0.2) is 23.4 Å². The number of hydrogen-bond acceptors (Lipinski definition) is 4. The Hall–Kier alpha value is -2.82. The smallest absolute Gasteiger partial charge is 0.265 e. The van der Waals surface area contributed by atoms with Crippen LogP contribution in [0, 0.1) is 6.92 Å². The molecule has 2 aromatic rings. The van der Waals surface area contributed by atoms with Crippen LogP contribution in [0.1, 0.15) is 29.8 Å². The molecule has 0 aromatic heterocycles. The Kier molecular flexibility index (Phi) is 5.58. The van der Waals surface area contributed by atoms with E-state index in [-0.39, 0.29) is 11.7 Å². The van der Waals surface area contributed by atoms with Crippen molar-refractivity contribution in [3.05, 3.63) is 53.6 Å². The number of amides is 1.